The number of hydrogen-bond donors (Lipinski definition) is 1. The van der Waals surface area contributed by atoms with Crippen molar-refractivity contribution in [3.8, 4) is 0 Å². The lowest BCUT2D eigenvalue weighted by molar-refractivity contribution is 0.326. The lowest BCUT2D eigenvalue weighted by Crippen LogP contribution is -2.38. The van der Waals surface area contributed by atoms with Crippen molar-refractivity contribution in [3.63, 3.8) is 0 Å². The van der Waals surface area contributed by atoms with Crippen LogP contribution >= 0.6 is 0 Å². The van der Waals surface area contributed by atoms with E-state index in [1.54, 1.807) is 0 Å². The van der Waals surface area contributed by atoms with Gasteiger partial charge in [0.15, 0.2) is 15.7 Å². The van der Waals surface area contributed by atoms with Crippen molar-refractivity contribution in [3.05, 3.63) is 11.7 Å². The molecule has 1 aromatic rings. The van der Waals surface area contributed by atoms with Crippen LogP contribution in [0, 0.1) is 0 Å². The summed E-state index contributed by atoms with van der Waals surface area (Å²) >= 11 is 0. The van der Waals surface area contributed by atoms with Gasteiger partial charge in [0.2, 0.25) is 5.89 Å². The molecule has 0 spiro atoms. The molecular weight excluding hydrogens is 266 g/mol. The summed E-state index contributed by atoms with van der Waals surface area (Å²) in [6, 6.07) is 0. The number of aromatic nitrogens is 2. The fourth-order valence-electron chi connectivity index (χ4n) is 3.06. The van der Waals surface area contributed by atoms with Crippen LogP contribution < -0.4 is 5.73 Å². The molecule has 19 heavy (non-hydrogen) atoms. The van der Waals surface area contributed by atoms with Crippen molar-refractivity contribution < 1.29 is 12.9 Å². The normalized spacial score (nSPS) is 28.8. The molecular formula is C12H19N3O3S. The first-order valence-electron chi connectivity index (χ1n) is 6.78. The van der Waals surface area contributed by atoms with Crippen LogP contribution in [0.2, 0.25) is 0 Å². The highest BCUT2D eigenvalue weighted by molar-refractivity contribution is 7.91. The first-order chi connectivity index (χ1) is 8.96. The maximum Gasteiger partial charge on any atom is 0.228 e. The Hall–Kier alpha value is -0.950. The van der Waals surface area contributed by atoms with Gasteiger partial charge < -0.3 is 10.3 Å². The van der Waals surface area contributed by atoms with Gasteiger partial charge in [-0.2, -0.15) is 4.98 Å². The van der Waals surface area contributed by atoms with Crippen molar-refractivity contribution in [2.45, 2.75) is 50.0 Å². The summed E-state index contributed by atoms with van der Waals surface area (Å²) < 4.78 is 28.1. The summed E-state index contributed by atoms with van der Waals surface area (Å²) in [4.78, 5) is 4.34. The minimum absolute atomic E-state index is 0.111. The molecule has 1 aliphatic heterocycles. The third kappa shape index (κ3) is 2.81. The average Bonchev–Trinajstić information content (AvgIpc) is 3.00. The van der Waals surface area contributed by atoms with Gasteiger partial charge in [-0.05, 0) is 19.3 Å². The van der Waals surface area contributed by atoms with Crippen molar-refractivity contribution in [1.29, 1.82) is 0 Å². The average molecular weight is 285 g/mol. The molecule has 0 bridgehead atoms. The molecule has 1 atom stereocenters. The minimum Gasteiger partial charge on any atom is -0.339 e. The second-order valence-corrected chi connectivity index (χ2v) is 8.12. The van der Waals surface area contributed by atoms with Crippen LogP contribution in [0.3, 0.4) is 0 Å². The number of hydrogen-bond acceptors (Lipinski definition) is 6. The fraction of sp³-hybridized carbons (Fsp3) is 0.833. The van der Waals surface area contributed by atoms with Crippen LogP contribution in [0.25, 0.3) is 0 Å². The highest BCUT2D eigenvalue weighted by Gasteiger charge is 2.34. The first kappa shape index (κ1) is 13.1. The third-order valence-corrected chi connectivity index (χ3v) is 5.95. The lowest BCUT2D eigenvalue weighted by atomic mass is 9.95. The van der Waals surface area contributed by atoms with E-state index < -0.39 is 9.84 Å². The molecule has 7 heteroatoms. The van der Waals surface area contributed by atoms with E-state index in [2.05, 4.69) is 10.1 Å². The Kier molecular flexibility index (Phi) is 3.13. The van der Waals surface area contributed by atoms with Gasteiger partial charge in [0.05, 0.1) is 11.5 Å². The molecule has 1 saturated carbocycles. The van der Waals surface area contributed by atoms with Gasteiger partial charge in [0.1, 0.15) is 0 Å². The molecule has 2 aliphatic rings. The van der Waals surface area contributed by atoms with Crippen molar-refractivity contribution >= 4 is 9.84 Å². The van der Waals surface area contributed by atoms with Gasteiger partial charge in [0.25, 0.3) is 0 Å². The highest BCUT2D eigenvalue weighted by atomic mass is 32.2. The molecule has 6 nitrogen and oxygen atoms in total. The van der Waals surface area contributed by atoms with Gasteiger partial charge in [-0.25, -0.2) is 8.42 Å². The van der Waals surface area contributed by atoms with Crippen molar-refractivity contribution in [1.82, 2.24) is 10.1 Å². The van der Waals surface area contributed by atoms with Gasteiger partial charge in [-0.1, -0.05) is 18.0 Å². The van der Waals surface area contributed by atoms with E-state index in [9.17, 15) is 8.42 Å². The van der Waals surface area contributed by atoms with E-state index in [1.165, 1.54) is 0 Å². The Labute approximate surface area is 112 Å². The molecule has 0 radical (unpaired) electrons. The molecule has 3 rings (SSSR count). The summed E-state index contributed by atoms with van der Waals surface area (Å²) in [5.41, 5.74) is 6.06. The zero-order chi connectivity index (χ0) is 13.5. The number of nitrogens with zero attached hydrogens (tertiary/aromatic N) is 2. The summed E-state index contributed by atoms with van der Waals surface area (Å²) in [5, 5.41) is 3.93. The van der Waals surface area contributed by atoms with Crippen LogP contribution in [0.4, 0.5) is 0 Å². The van der Waals surface area contributed by atoms with E-state index in [4.69, 9.17) is 10.3 Å². The monoisotopic (exact) mass is 285 g/mol. The predicted octanol–water partition coefficient (Wildman–Crippen LogP) is 0.786. The van der Waals surface area contributed by atoms with Crippen LogP contribution in [-0.4, -0.2) is 35.6 Å². The smallest absolute Gasteiger partial charge is 0.228 e. The molecule has 1 aromatic heterocycles. The standard InChI is InChI=1S/C12H19N3O3S/c13-12(4-1-2-5-12)7-10-14-11(15-18-10)9-3-6-19(16,17)8-9/h9H,1-8,13H2. The SMILES string of the molecule is NC1(Cc2nc(C3CCS(=O)(=O)C3)no2)CCCC1. The van der Waals surface area contributed by atoms with Gasteiger partial charge in [-0.3, -0.25) is 0 Å². The van der Waals surface area contributed by atoms with Crippen LogP contribution in [0.5, 0.6) is 0 Å². The first-order valence-corrected chi connectivity index (χ1v) is 8.60. The van der Waals surface area contributed by atoms with Gasteiger partial charge in [0, 0.05) is 17.9 Å². The third-order valence-electron chi connectivity index (χ3n) is 4.18. The quantitative estimate of drug-likeness (QED) is 0.881. The van der Waals surface area contributed by atoms with Crippen LogP contribution in [0.1, 0.15) is 49.7 Å². The van der Waals surface area contributed by atoms with Crippen LogP contribution in [0.15, 0.2) is 4.52 Å². The maximum absolute atomic E-state index is 11.4. The zero-order valence-electron chi connectivity index (χ0n) is 10.8. The van der Waals surface area contributed by atoms with Gasteiger partial charge in [-0.15, -0.1) is 0 Å². The molecule has 1 unspecified atom stereocenters. The Morgan fingerprint density at radius 1 is 1.37 bits per heavy atom. The van der Waals surface area contributed by atoms with Gasteiger partial charge >= 0.3 is 0 Å². The summed E-state index contributed by atoms with van der Waals surface area (Å²) in [7, 11) is -2.92. The number of nitrogens with two attached hydrogens (primary N) is 1. The van der Waals surface area contributed by atoms with E-state index in [1.807, 2.05) is 0 Å². The zero-order valence-corrected chi connectivity index (χ0v) is 11.7. The molecule has 2 N–H and O–H groups in total. The topological polar surface area (TPSA) is 99.1 Å². The second-order valence-electron chi connectivity index (χ2n) is 5.89. The van der Waals surface area contributed by atoms with E-state index in [0.717, 1.165) is 25.7 Å². The Bertz CT molecular complexity index is 561. The summed E-state index contributed by atoms with van der Waals surface area (Å²) in [5.74, 6) is 1.32. The summed E-state index contributed by atoms with van der Waals surface area (Å²) in [6.45, 7) is 0. The maximum atomic E-state index is 11.4. The highest BCUT2D eigenvalue weighted by Crippen LogP contribution is 2.31. The Balaban J connectivity index is 1.70. The van der Waals surface area contributed by atoms with Crippen LogP contribution in [-0.2, 0) is 16.3 Å². The second kappa shape index (κ2) is 4.56. The molecule has 1 aliphatic carbocycles. The van der Waals surface area contributed by atoms with Crippen molar-refractivity contribution in [2.24, 2.45) is 5.73 Å². The molecule has 0 aromatic carbocycles. The predicted molar refractivity (Wildman–Crippen MR) is 69.4 cm³/mol. The lowest BCUT2D eigenvalue weighted by Gasteiger charge is -2.20. The fourth-order valence-corrected chi connectivity index (χ4v) is 4.80. The molecule has 1 saturated heterocycles. The molecule has 106 valence electrons. The summed E-state index contributed by atoms with van der Waals surface area (Å²) in [6.07, 6.45) is 5.47. The molecule has 0 amide bonds. The largest absolute Gasteiger partial charge is 0.339 e. The van der Waals surface area contributed by atoms with E-state index >= 15 is 0 Å². The molecule has 2 fully saturated rings. The van der Waals surface area contributed by atoms with E-state index in [0.29, 0.717) is 24.6 Å². The van der Waals surface area contributed by atoms with Crippen molar-refractivity contribution in [2.75, 3.05) is 11.5 Å². The number of rotatable bonds is 3. The Morgan fingerprint density at radius 2 is 2.11 bits per heavy atom. The Morgan fingerprint density at radius 3 is 2.74 bits per heavy atom. The number of sulfone groups is 1. The van der Waals surface area contributed by atoms with E-state index in [-0.39, 0.29) is 23.0 Å². The minimum atomic E-state index is -2.92. The molecule has 2 heterocycles.